The number of hydrogen-bond acceptors (Lipinski definition) is 3. The minimum Gasteiger partial charge on any atom is -0.491 e. The van der Waals surface area contributed by atoms with Crippen molar-refractivity contribution in [3.63, 3.8) is 0 Å². The first-order chi connectivity index (χ1) is 11.3. The zero-order chi connectivity index (χ0) is 16.1. The number of rotatable bonds is 3. The van der Waals surface area contributed by atoms with Crippen LogP contribution in [0.15, 0.2) is 66.7 Å². The third kappa shape index (κ3) is 3.52. The molecule has 0 saturated heterocycles. The molecule has 23 heavy (non-hydrogen) atoms. The summed E-state index contributed by atoms with van der Waals surface area (Å²) in [5, 5.41) is 20.7. The van der Waals surface area contributed by atoms with Crippen LogP contribution < -0.4 is 4.74 Å². The molecule has 0 fully saturated rings. The molecule has 118 valence electrons. The molecular weight excluding hydrogens is 288 g/mol. The lowest BCUT2D eigenvalue weighted by Gasteiger charge is -2.02. The van der Waals surface area contributed by atoms with Gasteiger partial charge in [0.15, 0.2) is 0 Å². The molecule has 0 bridgehead atoms. The quantitative estimate of drug-likeness (QED) is 0.779. The topological polar surface area (TPSA) is 49.7 Å². The Balaban J connectivity index is 0.000000142. The second-order valence-corrected chi connectivity index (χ2v) is 5.47. The van der Waals surface area contributed by atoms with Crippen LogP contribution in [-0.2, 0) is 6.42 Å². The summed E-state index contributed by atoms with van der Waals surface area (Å²) >= 11 is 0. The van der Waals surface area contributed by atoms with E-state index in [0.717, 1.165) is 17.7 Å². The van der Waals surface area contributed by atoms with Crippen molar-refractivity contribution in [1.82, 2.24) is 0 Å². The lowest BCUT2D eigenvalue weighted by molar-refractivity contribution is 0.185. The molecule has 0 saturated carbocycles. The first-order valence-corrected chi connectivity index (χ1v) is 7.77. The second-order valence-electron chi connectivity index (χ2n) is 5.47. The predicted molar refractivity (Wildman–Crippen MR) is 91.6 cm³/mol. The first kappa shape index (κ1) is 15.5. The number of aliphatic hydroxyl groups excluding tert-OH is 2. The smallest absolute Gasteiger partial charge is 0.119 e. The molecule has 3 aromatic rings. The maximum atomic E-state index is 9.77. The fourth-order valence-corrected chi connectivity index (χ4v) is 2.90. The van der Waals surface area contributed by atoms with Crippen LogP contribution in [0.3, 0.4) is 0 Å². The van der Waals surface area contributed by atoms with Crippen molar-refractivity contribution in [3.8, 4) is 5.75 Å². The molecule has 4 rings (SSSR count). The van der Waals surface area contributed by atoms with E-state index in [0.29, 0.717) is 6.61 Å². The fraction of sp³-hybridized carbons (Fsp3) is 0.200. The minimum atomic E-state index is -0.291. The van der Waals surface area contributed by atoms with Gasteiger partial charge in [-0.05, 0) is 34.0 Å². The van der Waals surface area contributed by atoms with Gasteiger partial charge in [0.05, 0.1) is 12.7 Å². The van der Waals surface area contributed by atoms with E-state index in [9.17, 15) is 5.11 Å². The molecule has 1 aliphatic rings. The average Bonchev–Trinajstić information content (AvgIpc) is 2.93. The van der Waals surface area contributed by atoms with Crippen molar-refractivity contribution < 1.29 is 14.9 Å². The first-order valence-electron chi connectivity index (χ1n) is 7.77. The average molecular weight is 308 g/mol. The molecule has 3 nitrogen and oxygen atoms in total. The van der Waals surface area contributed by atoms with E-state index in [-0.39, 0.29) is 12.7 Å². The molecule has 1 aliphatic carbocycles. The lowest BCUT2D eigenvalue weighted by Crippen LogP contribution is -2.00. The SMILES string of the molecule is OC1Cc2cccc3cccc1c23.OCCOc1ccccc1. The highest BCUT2D eigenvalue weighted by atomic mass is 16.5. The van der Waals surface area contributed by atoms with E-state index in [1.54, 1.807) is 0 Å². The molecule has 3 heteroatoms. The molecule has 0 aromatic heterocycles. The Kier molecular flexibility index (Phi) is 4.91. The zero-order valence-corrected chi connectivity index (χ0v) is 12.9. The van der Waals surface area contributed by atoms with Crippen molar-refractivity contribution >= 4 is 10.8 Å². The number of aliphatic hydroxyl groups is 2. The molecule has 0 spiro atoms. The van der Waals surface area contributed by atoms with Crippen LogP contribution in [0, 0.1) is 0 Å². The second kappa shape index (κ2) is 7.27. The van der Waals surface area contributed by atoms with Gasteiger partial charge < -0.3 is 14.9 Å². The molecule has 3 aromatic carbocycles. The standard InChI is InChI=1S/C12H10O.C8H10O2/c13-11-7-9-5-1-3-8-4-2-6-10(11)12(8)9;9-6-7-10-8-4-2-1-3-5-8/h1-6,11,13H,7H2;1-5,9H,6-7H2. The number of para-hydroxylation sites is 1. The Morgan fingerprint density at radius 3 is 2.39 bits per heavy atom. The van der Waals surface area contributed by atoms with E-state index in [2.05, 4.69) is 24.3 Å². The molecular formula is C20H20O3. The van der Waals surface area contributed by atoms with Gasteiger partial charge in [-0.3, -0.25) is 0 Å². The van der Waals surface area contributed by atoms with Crippen LogP contribution in [0.2, 0.25) is 0 Å². The summed E-state index contributed by atoms with van der Waals surface area (Å²) in [5.41, 5.74) is 2.37. The highest BCUT2D eigenvalue weighted by Gasteiger charge is 2.21. The van der Waals surface area contributed by atoms with E-state index in [4.69, 9.17) is 9.84 Å². The van der Waals surface area contributed by atoms with Crippen LogP contribution in [0.1, 0.15) is 17.2 Å². The third-order valence-corrected chi connectivity index (χ3v) is 3.90. The number of hydrogen-bond donors (Lipinski definition) is 2. The Bertz CT molecular complexity index is 763. The van der Waals surface area contributed by atoms with E-state index < -0.39 is 0 Å². The molecule has 0 amide bonds. The van der Waals surface area contributed by atoms with Crippen LogP contribution in [-0.4, -0.2) is 23.4 Å². The van der Waals surface area contributed by atoms with Gasteiger partial charge in [0.2, 0.25) is 0 Å². The monoisotopic (exact) mass is 308 g/mol. The normalized spacial score (nSPS) is 15.1. The van der Waals surface area contributed by atoms with Gasteiger partial charge in [0.25, 0.3) is 0 Å². The highest BCUT2D eigenvalue weighted by Crippen LogP contribution is 2.36. The van der Waals surface area contributed by atoms with Crippen molar-refractivity contribution in [2.75, 3.05) is 13.2 Å². The van der Waals surface area contributed by atoms with Crippen molar-refractivity contribution in [3.05, 3.63) is 77.9 Å². The Hall–Kier alpha value is -2.36. The van der Waals surface area contributed by atoms with Gasteiger partial charge in [0.1, 0.15) is 12.4 Å². The van der Waals surface area contributed by atoms with E-state index in [1.165, 1.54) is 16.3 Å². The lowest BCUT2D eigenvalue weighted by atomic mass is 10.1. The maximum absolute atomic E-state index is 9.77. The summed E-state index contributed by atoms with van der Waals surface area (Å²) in [4.78, 5) is 0. The van der Waals surface area contributed by atoms with Gasteiger partial charge in [-0.2, -0.15) is 0 Å². The van der Waals surface area contributed by atoms with Crippen molar-refractivity contribution in [2.45, 2.75) is 12.5 Å². The van der Waals surface area contributed by atoms with Gasteiger partial charge in [-0.15, -0.1) is 0 Å². The largest absolute Gasteiger partial charge is 0.491 e. The van der Waals surface area contributed by atoms with Crippen LogP contribution in [0.4, 0.5) is 0 Å². The molecule has 0 heterocycles. The zero-order valence-electron chi connectivity index (χ0n) is 12.9. The molecule has 0 radical (unpaired) electrons. The highest BCUT2D eigenvalue weighted by molar-refractivity contribution is 5.91. The maximum Gasteiger partial charge on any atom is 0.119 e. The van der Waals surface area contributed by atoms with E-state index >= 15 is 0 Å². The van der Waals surface area contributed by atoms with Gasteiger partial charge in [-0.1, -0.05) is 54.6 Å². The summed E-state index contributed by atoms with van der Waals surface area (Å²) in [5.74, 6) is 0.802. The number of benzene rings is 3. The van der Waals surface area contributed by atoms with Crippen molar-refractivity contribution in [1.29, 1.82) is 0 Å². The van der Waals surface area contributed by atoms with Crippen molar-refractivity contribution in [2.24, 2.45) is 0 Å². The summed E-state index contributed by atoms with van der Waals surface area (Å²) in [7, 11) is 0. The van der Waals surface area contributed by atoms with Gasteiger partial charge >= 0.3 is 0 Å². The minimum absolute atomic E-state index is 0.0644. The Morgan fingerprint density at radius 1 is 0.913 bits per heavy atom. The van der Waals surface area contributed by atoms with Crippen LogP contribution in [0.25, 0.3) is 10.8 Å². The Labute approximate surface area is 135 Å². The molecule has 0 aliphatic heterocycles. The Morgan fingerprint density at radius 2 is 1.65 bits per heavy atom. The van der Waals surface area contributed by atoms with Crippen LogP contribution >= 0.6 is 0 Å². The van der Waals surface area contributed by atoms with Crippen LogP contribution in [0.5, 0.6) is 5.75 Å². The molecule has 1 atom stereocenters. The summed E-state index contributed by atoms with van der Waals surface area (Å²) in [6, 6.07) is 21.8. The third-order valence-electron chi connectivity index (χ3n) is 3.90. The number of ether oxygens (including phenoxy) is 1. The predicted octanol–water partition coefficient (Wildman–Crippen LogP) is 3.49. The van der Waals surface area contributed by atoms with E-state index in [1.807, 2.05) is 42.5 Å². The molecule has 2 N–H and O–H groups in total. The summed E-state index contributed by atoms with van der Waals surface area (Å²) in [6.07, 6.45) is 0.484. The van der Waals surface area contributed by atoms with Gasteiger partial charge in [0, 0.05) is 6.42 Å². The summed E-state index contributed by atoms with van der Waals surface area (Å²) < 4.78 is 5.11. The summed E-state index contributed by atoms with van der Waals surface area (Å²) in [6.45, 7) is 0.429. The van der Waals surface area contributed by atoms with Gasteiger partial charge in [-0.25, -0.2) is 0 Å². The fourth-order valence-electron chi connectivity index (χ4n) is 2.90. The molecule has 1 unspecified atom stereocenters.